The Bertz CT molecular complexity index is 468. The van der Waals surface area contributed by atoms with Crippen molar-refractivity contribution in [3.05, 3.63) is 33.8 Å². The smallest absolute Gasteiger partial charge is 0.316 e. The Morgan fingerprint density at radius 3 is 2.50 bits per heavy atom. The molecule has 0 aromatic heterocycles. The normalized spacial score (nSPS) is 23.9. The highest BCUT2D eigenvalue weighted by Gasteiger charge is 2.38. The van der Waals surface area contributed by atoms with Crippen LogP contribution in [0.15, 0.2) is 18.2 Å². The predicted octanol–water partition coefficient (Wildman–Crippen LogP) is 4.96. The van der Waals surface area contributed by atoms with E-state index in [4.69, 9.17) is 23.2 Å². The maximum Gasteiger partial charge on any atom is 0.389 e. The van der Waals surface area contributed by atoms with E-state index in [0.717, 1.165) is 24.9 Å². The molecule has 1 atom stereocenters. The Morgan fingerprint density at radius 2 is 1.95 bits per heavy atom. The largest absolute Gasteiger partial charge is 0.389 e. The summed E-state index contributed by atoms with van der Waals surface area (Å²) in [6.07, 6.45) is -3.26. The quantitative estimate of drug-likeness (QED) is 0.828. The van der Waals surface area contributed by atoms with Crippen LogP contribution in [0.3, 0.4) is 0 Å². The van der Waals surface area contributed by atoms with Crippen LogP contribution in [0.5, 0.6) is 0 Å². The van der Waals surface area contributed by atoms with Gasteiger partial charge in [0.15, 0.2) is 0 Å². The molecule has 0 amide bonds. The number of hydrogen-bond acceptors (Lipinski definition) is 1. The van der Waals surface area contributed by atoms with Gasteiger partial charge < -0.3 is 5.32 Å². The Labute approximate surface area is 126 Å². The summed E-state index contributed by atoms with van der Waals surface area (Å²) in [5, 5.41) is 4.01. The first kappa shape index (κ1) is 15.9. The summed E-state index contributed by atoms with van der Waals surface area (Å²) in [5.74, 6) is 0. The fraction of sp³-hybridized carbons (Fsp3) is 0.571. The van der Waals surface area contributed by atoms with Crippen molar-refractivity contribution >= 4 is 23.2 Å². The van der Waals surface area contributed by atoms with Crippen LogP contribution in [-0.4, -0.2) is 19.3 Å². The average Bonchev–Trinajstić information content (AvgIpc) is 2.40. The van der Waals surface area contributed by atoms with E-state index in [0.29, 0.717) is 16.6 Å². The monoisotopic (exact) mass is 325 g/mol. The van der Waals surface area contributed by atoms with Crippen LogP contribution in [0.4, 0.5) is 13.2 Å². The Morgan fingerprint density at radius 1 is 1.20 bits per heavy atom. The lowest BCUT2D eigenvalue weighted by Crippen LogP contribution is -2.44. The molecule has 1 saturated heterocycles. The average molecular weight is 326 g/mol. The lowest BCUT2D eigenvalue weighted by molar-refractivity contribution is -0.139. The molecule has 1 fully saturated rings. The topological polar surface area (TPSA) is 12.0 Å². The van der Waals surface area contributed by atoms with E-state index in [2.05, 4.69) is 5.32 Å². The van der Waals surface area contributed by atoms with Gasteiger partial charge in [-0.2, -0.15) is 13.2 Å². The van der Waals surface area contributed by atoms with Gasteiger partial charge in [-0.05, 0) is 43.5 Å². The molecule has 1 aromatic carbocycles. The predicted molar refractivity (Wildman–Crippen MR) is 75.5 cm³/mol. The minimum atomic E-state index is -4.14. The molecular formula is C14H16Cl2F3N. The summed E-state index contributed by atoms with van der Waals surface area (Å²) in [6.45, 7) is 1.39. The Hall–Kier alpha value is -0.450. The number of hydrogen-bond donors (Lipinski definition) is 1. The minimum absolute atomic E-state index is 0.0709. The number of alkyl halides is 3. The summed E-state index contributed by atoms with van der Waals surface area (Å²) in [5.41, 5.74) is 0.325. The molecule has 0 radical (unpaired) electrons. The van der Waals surface area contributed by atoms with Crippen molar-refractivity contribution in [2.45, 2.75) is 37.3 Å². The standard InChI is InChI=1S/C14H16Cl2F3N/c15-11-3-2-10(8-12(11)16)13(4-1-7-20-9-13)5-6-14(17,18)19/h2-3,8,20H,1,4-7,9H2. The van der Waals surface area contributed by atoms with Crippen molar-refractivity contribution in [2.75, 3.05) is 13.1 Å². The molecule has 112 valence electrons. The molecule has 2 rings (SSSR count). The molecule has 20 heavy (non-hydrogen) atoms. The van der Waals surface area contributed by atoms with Crippen molar-refractivity contribution in [3.63, 3.8) is 0 Å². The number of halogens is 5. The van der Waals surface area contributed by atoms with Crippen molar-refractivity contribution in [1.29, 1.82) is 0 Å². The molecule has 0 saturated carbocycles. The maximum atomic E-state index is 12.6. The van der Waals surface area contributed by atoms with Crippen LogP contribution in [0.1, 0.15) is 31.2 Å². The van der Waals surface area contributed by atoms with Gasteiger partial charge in [0.2, 0.25) is 0 Å². The molecule has 1 unspecified atom stereocenters. The highest BCUT2D eigenvalue weighted by atomic mass is 35.5. The molecule has 1 aliphatic rings. The number of rotatable bonds is 3. The van der Waals surface area contributed by atoms with E-state index in [9.17, 15) is 13.2 Å². The lowest BCUT2D eigenvalue weighted by Gasteiger charge is -2.39. The zero-order chi connectivity index (χ0) is 14.8. The van der Waals surface area contributed by atoms with Gasteiger partial charge in [-0.25, -0.2) is 0 Å². The van der Waals surface area contributed by atoms with Gasteiger partial charge in [0.05, 0.1) is 10.0 Å². The van der Waals surface area contributed by atoms with E-state index >= 15 is 0 Å². The van der Waals surface area contributed by atoms with E-state index in [-0.39, 0.29) is 6.42 Å². The van der Waals surface area contributed by atoms with Crippen molar-refractivity contribution in [3.8, 4) is 0 Å². The van der Waals surface area contributed by atoms with Crippen molar-refractivity contribution < 1.29 is 13.2 Å². The summed E-state index contributed by atoms with van der Waals surface area (Å²) in [4.78, 5) is 0. The second kappa shape index (κ2) is 6.12. The van der Waals surface area contributed by atoms with Crippen LogP contribution < -0.4 is 5.32 Å². The van der Waals surface area contributed by atoms with E-state index in [1.807, 2.05) is 0 Å². The molecule has 1 aromatic rings. The highest BCUT2D eigenvalue weighted by Crippen LogP contribution is 2.40. The lowest BCUT2D eigenvalue weighted by atomic mass is 9.71. The van der Waals surface area contributed by atoms with Crippen LogP contribution in [-0.2, 0) is 5.41 Å². The molecule has 0 spiro atoms. The highest BCUT2D eigenvalue weighted by molar-refractivity contribution is 6.42. The molecule has 1 aliphatic heterocycles. The third-order valence-electron chi connectivity index (χ3n) is 3.89. The zero-order valence-corrected chi connectivity index (χ0v) is 12.4. The third kappa shape index (κ3) is 3.80. The van der Waals surface area contributed by atoms with Crippen LogP contribution in [0.2, 0.25) is 10.0 Å². The minimum Gasteiger partial charge on any atom is -0.316 e. The maximum absolute atomic E-state index is 12.6. The molecular weight excluding hydrogens is 310 g/mol. The van der Waals surface area contributed by atoms with Crippen LogP contribution in [0.25, 0.3) is 0 Å². The number of benzene rings is 1. The number of piperidine rings is 1. The summed E-state index contributed by atoms with van der Waals surface area (Å²) >= 11 is 11.9. The molecule has 0 bridgehead atoms. The first-order chi connectivity index (χ1) is 9.32. The summed E-state index contributed by atoms with van der Waals surface area (Å²) in [6, 6.07) is 5.15. The van der Waals surface area contributed by atoms with E-state index in [1.54, 1.807) is 18.2 Å². The second-order valence-electron chi connectivity index (χ2n) is 5.30. The Kier molecular flexibility index (Phi) is 4.88. The van der Waals surface area contributed by atoms with E-state index < -0.39 is 18.0 Å². The van der Waals surface area contributed by atoms with Crippen LogP contribution >= 0.6 is 23.2 Å². The van der Waals surface area contributed by atoms with Gasteiger partial charge in [0, 0.05) is 18.4 Å². The SMILES string of the molecule is FC(F)(F)CCC1(c2ccc(Cl)c(Cl)c2)CCCNC1. The molecule has 1 nitrogen and oxygen atoms in total. The van der Waals surface area contributed by atoms with E-state index in [1.165, 1.54) is 0 Å². The fourth-order valence-corrected chi connectivity index (χ4v) is 3.08. The third-order valence-corrected chi connectivity index (χ3v) is 4.63. The van der Waals surface area contributed by atoms with Gasteiger partial charge >= 0.3 is 6.18 Å². The van der Waals surface area contributed by atoms with Gasteiger partial charge in [0.25, 0.3) is 0 Å². The van der Waals surface area contributed by atoms with Gasteiger partial charge in [-0.15, -0.1) is 0 Å². The summed E-state index contributed by atoms with van der Waals surface area (Å²) < 4.78 is 37.7. The van der Waals surface area contributed by atoms with Crippen LogP contribution in [0, 0.1) is 0 Å². The van der Waals surface area contributed by atoms with Gasteiger partial charge in [-0.1, -0.05) is 29.3 Å². The number of nitrogens with one attached hydrogen (secondary N) is 1. The molecule has 0 aliphatic carbocycles. The molecule has 1 N–H and O–H groups in total. The van der Waals surface area contributed by atoms with Gasteiger partial charge in [0.1, 0.15) is 0 Å². The zero-order valence-electron chi connectivity index (χ0n) is 10.9. The molecule has 1 heterocycles. The second-order valence-corrected chi connectivity index (χ2v) is 6.12. The first-order valence-corrected chi connectivity index (χ1v) is 7.31. The van der Waals surface area contributed by atoms with Gasteiger partial charge in [-0.3, -0.25) is 0 Å². The van der Waals surface area contributed by atoms with Crippen molar-refractivity contribution in [1.82, 2.24) is 5.32 Å². The van der Waals surface area contributed by atoms with Crippen molar-refractivity contribution in [2.24, 2.45) is 0 Å². The summed E-state index contributed by atoms with van der Waals surface area (Å²) in [7, 11) is 0. The first-order valence-electron chi connectivity index (χ1n) is 6.55. The fourth-order valence-electron chi connectivity index (χ4n) is 2.78. The Balaban J connectivity index is 2.28. The molecule has 6 heteroatoms.